The topological polar surface area (TPSA) is 130 Å². The number of carbonyl (C=O) groups is 1. The first-order chi connectivity index (χ1) is 18.6. The molecule has 0 saturated carbocycles. The number of carbonyl (C=O) groups excluding carboxylic acids is 1. The SMILES string of the molecule is COCCOc1noc(C2CC(c3ccc(CC(F)(F)F)cc3)CN(C(=O)Oc3ccc([N+](=O)[O-])cc3)C2)n1. The lowest BCUT2D eigenvalue weighted by Crippen LogP contribution is -2.44. The van der Waals surface area contributed by atoms with Gasteiger partial charge in [0.1, 0.15) is 12.4 Å². The Morgan fingerprint density at radius 2 is 1.79 bits per heavy atom. The molecule has 1 aliphatic rings. The van der Waals surface area contributed by atoms with Gasteiger partial charge in [-0.1, -0.05) is 24.3 Å². The number of amides is 1. The molecule has 1 saturated heterocycles. The number of ether oxygens (including phenoxy) is 3. The van der Waals surface area contributed by atoms with Crippen molar-refractivity contribution in [3.05, 3.63) is 75.7 Å². The molecule has 11 nitrogen and oxygen atoms in total. The molecule has 1 aromatic heterocycles. The fourth-order valence-corrected chi connectivity index (χ4v) is 4.27. The zero-order chi connectivity index (χ0) is 28.0. The summed E-state index contributed by atoms with van der Waals surface area (Å²) in [6, 6.07) is 11.1. The Hall–Kier alpha value is -4.20. The van der Waals surface area contributed by atoms with E-state index < -0.39 is 29.5 Å². The molecule has 1 fully saturated rings. The number of rotatable bonds is 9. The van der Waals surface area contributed by atoms with Crippen LogP contribution in [-0.2, 0) is 11.2 Å². The minimum absolute atomic E-state index is 0.0145. The Balaban J connectivity index is 1.53. The van der Waals surface area contributed by atoms with Crippen LogP contribution < -0.4 is 9.47 Å². The Kier molecular flexibility index (Phi) is 8.64. The van der Waals surface area contributed by atoms with Gasteiger partial charge in [-0.3, -0.25) is 10.1 Å². The highest BCUT2D eigenvalue weighted by atomic mass is 19.4. The first-order valence-electron chi connectivity index (χ1n) is 11.9. The number of piperidine rings is 1. The second kappa shape index (κ2) is 12.1. The monoisotopic (exact) mass is 550 g/mol. The van der Waals surface area contributed by atoms with E-state index in [-0.39, 0.29) is 54.5 Å². The number of nitro benzene ring substituents is 1. The van der Waals surface area contributed by atoms with Gasteiger partial charge in [-0.25, -0.2) is 4.79 Å². The van der Waals surface area contributed by atoms with Gasteiger partial charge in [0.2, 0.25) is 5.89 Å². The van der Waals surface area contributed by atoms with E-state index in [4.69, 9.17) is 18.7 Å². The fraction of sp³-hybridized carbons (Fsp3) is 0.400. The molecule has 2 aromatic carbocycles. The molecular formula is C25H25F3N4O7. The van der Waals surface area contributed by atoms with Gasteiger partial charge in [0, 0.05) is 38.2 Å². The van der Waals surface area contributed by atoms with Crippen LogP contribution in [0.25, 0.3) is 0 Å². The standard InChI is InChI=1S/C25H25F3N4O7/c1-36-10-11-37-23-29-22(39-30-23)19-12-18(17-4-2-16(3-5-17)13-25(26,27)28)14-31(15-19)24(33)38-21-8-6-20(7-9-21)32(34)35/h2-9,18-19H,10-15H2,1H3. The van der Waals surface area contributed by atoms with E-state index in [1.165, 1.54) is 48.4 Å². The smallest absolute Gasteiger partial charge is 0.415 e. The van der Waals surface area contributed by atoms with Crippen molar-refractivity contribution in [1.82, 2.24) is 15.0 Å². The highest BCUT2D eigenvalue weighted by Crippen LogP contribution is 2.36. The lowest BCUT2D eigenvalue weighted by atomic mass is 9.84. The average Bonchev–Trinajstić information content (AvgIpc) is 3.37. The van der Waals surface area contributed by atoms with Crippen LogP contribution >= 0.6 is 0 Å². The molecule has 0 bridgehead atoms. The van der Waals surface area contributed by atoms with Crippen LogP contribution in [0.2, 0.25) is 0 Å². The van der Waals surface area contributed by atoms with Gasteiger partial charge in [-0.15, -0.1) is 0 Å². The van der Waals surface area contributed by atoms with E-state index in [0.29, 0.717) is 13.0 Å². The van der Waals surface area contributed by atoms with E-state index in [1.807, 2.05) is 0 Å². The number of non-ortho nitro benzene ring substituents is 1. The van der Waals surface area contributed by atoms with Crippen molar-refractivity contribution in [2.75, 3.05) is 33.4 Å². The lowest BCUT2D eigenvalue weighted by molar-refractivity contribution is -0.384. The number of hydrogen-bond donors (Lipinski definition) is 0. The molecule has 0 spiro atoms. The van der Waals surface area contributed by atoms with Crippen molar-refractivity contribution in [3.8, 4) is 11.8 Å². The molecular weight excluding hydrogens is 525 g/mol. The molecule has 1 aliphatic heterocycles. The van der Waals surface area contributed by atoms with Gasteiger partial charge < -0.3 is 23.6 Å². The second-order valence-electron chi connectivity index (χ2n) is 8.94. The van der Waals surface area contributed by atoms with Crippen molar-refractivity contribution in [2.24, 2.45) is 0 Å². The molecule has 14 heteroatoms. The molecule has 0 aliphatic carbocycles. The summed E-state index contributed by atoms with van der Waals surface area (Å²) in [5.41, 5.74) is 0.708. The van der Waals surface area contributed by atoms with Gasteiger partial charge in [-0.05, 0) is 34.8 Å². The maximum atomic E-state index is 13.1. The summed E-state index contributed by atoms with van der Waals surface area (Å²) in [5, 5.41) is 14.7. The number of hydrogen-bond acceptors (Lipinski definition) is 9. The maximum absolute atomic E-state index is 13.1. The summed E-state index contributed by atoms with van der Waals surface area (Å²) in [7, 11) is 1.52. The number of benzene rings is 2. The predicted molar refractivity (Wildman–Crippen MR) is 129 cm³/mol. The zero-order valence-electron chi connectivity index (χ0n) is 20.8. The van der Waals surface area contributed by atoms with E-state index in [1.54, 1.807) is 12.1 Å². The Morgan fingerprint density at radius 3 is 2.44 bits per heavy atom. The van der Waals surface area contributed by atoms with Crippen LogP contribution in [0.3, 0.4) is 0 Å². The number of likely N-dealkylation sites (tertiary alicyclic amines) is 1. The minimum atomic E-state index is -4.32. The van der Waals surface area contributed by atoms with Crippen LogP contribution in [0.5, 0.6) is 11.8 Å². The Bertz CT molecular complexity index is 1270. The van der Waals surface area contributed by atoms with Crippen molar-refractivity contribution in [3.63, 3.8) is 0 Å². The third-order valence-electron chi connectivity index (χ3n) is 6.11. The number of halogens is 3. The van der Waals surface area contributed by atoms with Crippen LogP contribution in [0.4, 0.5) is 23.7 Å². The van der Waals surface area contributed by atoms with E-state index >= 15 is 0 Å². The fourth-order valence-electron chi connectivity index (χ4n) is 4.27. The molecule has 2 atom stereocenters. The summed E-state index contributed by atoms with van der Waals surface area (Å²) in [6.07, 6.45) is -5.60. The maximum Gasteiger partial charge on any atom is 0.415 e. The lowest BCUT2D eigenvalue weighted by Gasteiger charge is -2.36. The third-order valence-corrected chi connectivity index (χ3v) is 6.11. The second-order valence-corrected chi connectivity index (χ2v) is 8.94. The average molecular weight is 550 g/mol. The molecule has 3 aromatic rings. The molecule has 0 N–H and O–H groups in total. The van der Waals surface area contributed by atoms with E-state index in [9.17, 15) is 28.1 Å². The normalized spacial score (nSPS) is 17.6. The quantitative estimate of drug-likeness (QED) is 0.208. The molecule has 208 valence electrons. The number of methoxy groups -OCH3 is 1. The van der Waals surface area contributed by atoms with Crippen molar-refractivity contribution < 1.29 is 41.6 Å². The number of aromatic nitrogens is 2. The molecule has 39 heavy (non-hydrogen) atoms. The van der Waals surface area contributed by atoms with Gasteiger partial charge in [0.15, 0.2) is 0 Å². The zero-order valence-corrected chi connectivity index (χ0v) is 20.8. The summed E-state index contributed by atoms with van der Waals surface area (Å²) in [6.45, 7) is 0.906. The number of nitrogens with zero attached hydrogens (tertiary/aromatic N) is 4. The summed E-state index contributed by atoms with van der Waals surface area (Å²) in [5.74, 6) is -0.352. The largest absolute Gasteiger partial charge is 0.459 e. The van der Waals surface area contributed by atoms with Crippen molar-refractivity contribution in [2.45, 2.75) is 30.9 Å². The van der Waals surface area contributed by atoms with Crippen LogP contribution in [0.15, 0.2) is 53.1 Å². The first-order valence-corrected chi connectivity index (χ1v) is 11.9. The molecule has 0 radical (unpaired) electrons. The van der Waals surface area contributed by atoms with Gasteiger partial charge >= 0.3 is 18.3 Å². The Labute approximate surface area is 220 Å². The van der Waals surface area contributed by atoms with Crippen LogP contribution in [0.1, 0.15) is 35.3 Å². The summed E-state index contributed by atoms with van der Waals surface area (Å²) in [4.78, 5) is 29.1. The van der Waals surface area contributed by atoms with Gasteiger partial charge in [0.25, 0.3) is 5.69 Å². The molecule has 4 rings (SSSR count). The summed E-state index contributed by atoms with van der Waals surface area (Å²) >= 11 is 0. The van der Waals surface area contributed by atoms with Crippen LogP contribution in [0, 0.1) is 10.1 Å². The first kappa shape index (κ1) is 27.8. The molecule has 1 amide bonds. The Morgan fingerprint density at radius 1 is 1.10 bits per heavy atom. The van der Waals surface area contributed by atoms with E-state index in [0.717, 1.165) is 5.56 Å². The highest BCUT2D eigenvalue weighted by molar-refractivity contribution is 5.71. The van der Waals surface area contributed by atoms with Crippen molar-refractivity contribution >= 4 is 11.8 Å². The van der Waals surface area contributed by atoms with Crippen LogP contribution in [-0.4, -0.2) is 65.6 Å². The number of nitro groups is 1. The summed E-state index contributed by atoms with van der Waals surface area (Å²) < 4.78 is 59.5. The molecule has 2 heterocycles. The van der Waals surface area contributed by atoms with Gasteiger partial charge in [-0.2, -0.15) is 18.2 Å². The highest BCUT2D eigenvalue weighted by Gasteiger charge is 2.36. The molecule has 2 unspecified atom stereocenters. The third kappa shape index (κ3) is 7.66. The van der Waals surface area contributed by atoms with E-state index in [2.05, 4.69) is 10.1 Å². The number of alkyl halides is 3. The predicted octanol–water partition coefficient (Wildman–Crippen LogP) is 4.88. The van der Waals surface area contributed by atoms with Crippen molar-refractivity contribution in [1.29, 1.82) is 0 Å². The van der Waals surface area contributed by atoms with Gasteiger partial charge in [0.05, 0.1) is 23.9 Å². The minimum Gasteiger partial charge on any atom is -0.459 e.